The number of benzene rings is 1. The van der Waals surface area contributed by atoms with Gasteiger partial charge in [0.25, 0.3) is 0 Å². The van der Waals surface area contributed by atoms with E-state index in [-0.39, 0.29) is 5.91 Å². The van der Waals surface area contributed by atoms with E-state index in [1.54, 1.807) is 6.20 Å². The molecule has 106 valence electrons. The van der Waals surface area contributed by atoms with E-state index in [4.69, 9.17) is 0 Å². The number of hydrogen-bond acceptors (Lipinski definition) is 3. The van der Waals surface area contributed by atoms with Gasteiger partial charge < -0.3 is 10.6 Å². The largest absolute Gasteiger partial charge is 0.326 e. The standard InChI is InChI=1S/C16H21N3O/c1-12(2)17-9-4-6-16(20)19-14-7-8-15-13(11-14)5-3-10-18-15/h3,5,7-8,10-12,17H,4,6,9H2,1-2H3,(H,19,20). The van der Waals surface area contributed by atoms with Crippen molar-refractivity contribution in [3.05, 3.63) is 36.5 Å². The van der Waals surface area contributed by atoms with E-state index in [1.165, 1.54) is 0 Å². The number of rotatable bonds is 6. The van der Waals surface area contributed by atoms with Crippen LogP contribution in [0, 0.1) is 0 Å². The number of pyridine rings is 1. The molecule has 0 aliphatic rings. The molecule has 0 atom stereocenters. The minimum absolute atomic E-state index is 0.0544. The molecule has 0 saturated heterocycles. The molecule has 4 nitrogen and oxygen atoms in total. The highest BCUT2D eigenvalue weighted by atomic mass is 16.1. The highest BCUT2D eigenvalue weighted by Gasteiger charge is 2.03. The summed E-state index contributed by atoms with van der Waals surface area (Å²) in [5.74, 6) is 0.0544. The zero-order valence-electron chi connectivity index (χ0n) is 12.0. The molecule has 0 bridgehead atoms. The molecule has 0 fully saturated rings. The minimum atomic E-state index is 0.0544. The smallest absolute Gasteiger partial charge is 0.224 e. The quantitative estimate of drug-likeness (QED) is 0.794. The van der Waals surface area contributed by atoms with Gasteiger partial charge in [0.15, 0.2) is 0 Å². The van der Waals surface area contributed by atoms with Crippen molar-refractivity contribution in [3.63, 3.8) is 0 Å². The highest BCUT2D eigenvalue weighted by Crippen LogP contribution is 2.17. The van der Waals surface area contributed by atoms with Crippen LogP contribution in [0.3, 0.4) is 0 Å². The summed E-state index contributed by atoms with van der Waals surface area (Å²) in [6.07, 6.45) is 3.15. The van der Waals surface area contributed by atoms with Crippen molar-refractivity contribution in [1.29, 1.82) is 0 Å². The van der Waals surface area contributed by atoms with Gasteiger partial charge in [-0.1, -0.05) is 19.9 Å². The van der Waals surface area contributed by atoms with Crippen molar-refractivity contribution in [3.8, 4) is 0 Å². The molecule has 0 spiro atoms. The summed E-state index contributed by atoms with van der Waals surface area (Å²) in [5, 5.41) is 7.26. The lowest BCUT2D eigenvalue weighted by Crippen LogP contribution is -2.24. The Kier molecular flexibility index (Phi) is 5.07. The maximum atomic E-state index is 11.8. The second-order valence-electron chi connectivity index (χ2n) is 5.17. The molecule has 0 saturated carbocycles. The van der Waals surface area contributed by atoms with Crippen molar-refractivity contribution in [1.82, 2.24) is 10.3 Å². The predicted molar refractivity (Wildman–Crippen MR) is 82.7 cm³/mol. The number of nitrogens with one attached hydrogen (secondary N) is 2. The van der Waals surface area contributed by atoms with Crippen molar-refractivity contribution in [2.24, 2.45) is 0 Å². The van der Waals surface area contributed by atoms with Crippen LogP contribution in [0.15, 0.2) is 36.5 Å². The lowest BCUT2D eigenvalue weighted by Gasteiger charge is -2.08. The SMILES string of the molecule is CC(C)NCCCC(=O)Nc1ccc2ncccc2c1. The number of nitrogens with zero attached hydrogens (tertiary/aromatic N) is 1. The third-order valence-corrected chi connectivity index (χ3v) is 3.02. The van der Waals surface area contributed by atoms with E-state index in [0.29, 0.717) is 12.5 Å². The lowest BCUT2D eigenvalue weighted by atomic mass is 10.2. The van der Waals surface area contributed by atoms with Gasteiger partial charge >= 0.3 is 0 Å². The van der Waals surface area contributed by atoms with Crippen LogP contribution in [0.25, 0.3) is 10.9 Å². The summed E-state index contributed by atoms with van der Waals surface area (Å²) in [4.78, 5) is 16.1. The number of hydrogen-bond donors (Lipinski definition) is 2. The Morgan fingerprint density at radius 3 is 2.95 bits per heavy atom. The Morgan fingerprint density at radius 2 is 2.15 bits per heavy atom. The first-order chi connectivity index (χ1) is 9.65. The van der Waals surface area contributed by atoms with Crippen molar-refractivity contribution < 1.29 is 4.79 Å². The van der Waals surface area contributed by atoms with Crippen molar-refractivity contribution >= 4 is 22.5 Å². The number of amides is 1. The molecule has 20 heavy (non-hydrogen) atoms. The number of fused-ring (bicyclic) bond motifs is 1. The Morgan fingerprint density at radius 1 is 1.30 bits per heavy atom. The first kappa shape index (κ1) is 14.5. The Labute approximate surface area is 119 Å². The van der Waals surface area contributed by atoms with Gasteiger partial charge in [-0.05, 0) is 37.2 Å². The molecule has 1 amide bonds. The van der Waals surface area contributed by atoms with Gasteiger partial charge in [-0.25, -0.2) is 0 Å². The first-order valence-corrected chi connectivity index (χ1v) is 7.03. The van der Waals surface area contributed by atoms with Crippen LogP contribution < -0.4 is 10.6 Å². The summed E-state index contributed by atoms with van der Waals surface area (Å²) in [6.45, 7) is 5.07. The third kappa shape index (κ3) is 4.31. The zero-order chi connectivity index (χ0) is 14.4. The monoisotopic (exact) mass is 271 g/mol. The van der Waals surface area contributed by atoms with E-state index in [1.807, 2.05) is 30.3 Å². The third-order valence-electron chi connectivity index (χ3n) is 3.02. The van der Waals surface area contributed by atoms with Crippen LogP contribution in [-0.2, 0) is 4.79 Å². The molecule has 4 heteroatoms. The number of carbonyl (C=O) groups excluding carboxylic acids is 1. The van der Waals surface area contributed by atoms with Crippen LogP contribution in [0.2, 0.25) is 0 Å². The van der Waals surface area contributed by atoms with Crippen molar-refractivity contribution in [2.75, 3.05) is 11.9 Å². The summed E-state index contributed by atoms with van der Waals surface area (Å²) >= 11 is 0. The molecule has 0 unspecified atom stereocenters. The highest BCUT2D eigenvalue weighted by molar-refractivity contribution is 5.93. The van der Waals surface area contributed by atoms with E-state index in [2.05, 4.69) is 29.5 Å². The molecule has 2 N–H and O–H groups in total. The van der Waals surface area contributed by atoms with Crippen LogP contribution >= 0.6 is 0 Å². The minimum Gasteiger partial charge on any atom is -0.326 e. The molecule has 0 radical (unpaired) electrons. The van der Waals surface area contributed by atoms with Crippen LogP contribution in [0.4, 0.5) is 5.69 Å². The van der Waals surface area contributed by atoms with Gasteiger partial charge in [0, 0.05) is 29.7 Å². The predicted octanol–water partition coefficient (Wildman–Crippen LogP) is 2.95. The van der Waals surface area contributed by atoms with Crippen LogP contribution in [-0.4, -0.2) is 23.5 Å². The van der Waals surface area contributed by atoms with Crippen molar-refractivity contribution in [2.45, 2.75) is 32.7 Å². The summed E-state index contributed by atoms with van der Waals surface area (Å²) < 4.78 is 0. The molecule has 2 aromatic rings. The fourth-order valence-corrected chi connectivity index (χ4v) is 2.02. The van der Waals surface area contributed by atoms with Crippen LogP contribution in [0.5, 0.6) is 0 Å². The molecule has 1 aromatic heterocycles. The number of aromatic nitrogens is 1. The zero-order valence-corrected chi connectivity index (χ0v) is 12.0. The van der Waals surface area contributed by atoms with E-state index in [9.17, 15) is 4.79 Å². The molecule has 1 aromatic carbocycles. The second-order valence-corrected chi connectivity index (χ2v) is 5.17. The molecule has 0 aliphatic carbocycles. The Balaban J connectivity index is 1.86. The second kappa shape index (κ2) is 7.01. The topological polar surface area (TPSA) is 54.0 Å². The van der Waals surface area contributed by atoms with Gasteiger partial charge in [0.1, 0.15) is 0 Å². The fourth-order valence-electron chi connectivity index (χ4n) is 2.02. The van der Waals surface area contributed by atoms with Gasteiger partial charge in [-0.2, -0.15) is 0 Å². The summed E-state index contributed by atoms with van der Waals surface area (Å²) in [5.41, 5.74) is 1.76. The van der Waals surface area contributed by atoms with Gasteiger partial charge in [-0.3, -0.25) is 9.78 Å². The molecular formula is C16H21N3O. The Hall–Kier alpha value is -1.94. The average Bonchev–Trinajstić information content (AvgIpc) is 2.43. The lowest BCUT2D eigenvalue weighted by molar-refractivity contribution is -0.116. The maximum Gasteiger partial charge on any atom is 0.224 e. The average molecular weight is 271 g/mol. The molecule has 2 rings (SSSR count). The number of carbonyl (C=O) groups is 1. The van der Waals surface area contributed by atoms with E-state index in [0.717, 1.165) is 29.6 Å². The number of anilines is 1. The molecule has 1 heterocycles. The van der Waals surface area contributed by atoms with E-state index >= 15 is 0 Å². The normalized spacial score (nSPS) is 10.9. The summed E-state index contributed by atoms with van der Waals surface area (Å²) in [7, 11) is 0. The fraction of sp³-hybridized carbons (Fsp3) is 0.375. The van der Waals surface area contributed by atoms with Gasteiger partial charge in [-0.15, -0.1) is 0 Å². The van der Waals surface area contributed by atoms with Gasteiger partial charge in [0.05, 0.1) is 5.52 Å². The maximum absolute atomic E-state index is 11.8. The van der Waals surface area contributed by atoms with Crippen LogP contribution in [0.1, 0.15) is 26.7 Å². The Bertz CT molecular complexity index is 581. The molecular weight excluding hydrogens is 250 g/mol. The van der Waals surface area contributed by atoms with Gasteiger partial charge in [0.2, 0.25) is 5.91 Å². The molecule has 0 aliphatic heterocycles. The summed E-state index contributed by atoms with van der Waals surface area (Å²) in [6, 6.07) is 10.1. The van der Waals surface area contributed by atoms with E-state index < -0.39 is 0 Å². The first-order valence-electron chi connectivity index (χ1n) is 7.03.